The highest BCUT2D eigenvalue weighted by Gasteiger charge is 2.56. The van der Waals surface area contributed by atoms with E-state index in [1.165, 1.54) is 7.11 Å². The first-order chi connectivity index (χ1) is 12.0. The van der Waals surface area contributed by atoms with Crippen molar-refractivity contribution < 1.29 is 19.1 Å². The molecule has 0 aliphatic carbocycles. The lowest BCUT2D eigenvalue weighted by atomic mass is 9.73. The second-order valence-corrected chi connectivity index (χ2v) is 7.63. The minimum absolute atomic E-state index is 0.148. The Labute approximate surface area is 156 Å². The van der Waals surface area contributed by atoms with Crippen LogP contribution < -0.4 is 5.73 Å². The van der Waals surface area contributed by atoms with E-state index in [0.717, 1.165) is 5.56 Å². The number of likely N-dealkylation sites (tertiary alicyclic amines) is 1. The first-order valence-electron chi connectivity index (χ1n) is 8.65. The Morgan fingerprint density at radius 2 is 1.62 bits per heavy atom. The molecule has 2 N–H and O–H groups in total. The van der Waals surface area contributed by atoms with Crippen molar-refractivity contribution in [1.82, 2.24) is 4.90 Å². The summed E-state index contributed by atoms with van der Waals surface area (Å²) in [7, 11) is 4.61. The number of methoxy groups -OCH3 is 2. The monoisotopic (exact) mass is 364 g/mol. The number of nitrogens with zero attached hydrogens (tertiary/aromatic N) is 1. The predicted octanol–water partition coefficient (Wildman–Crippen LogP) is 2.31. The molecule has 0 spiro atoms. The lowest BCUT2D eigenvalue weighted by Gasteiger charge is -2.46. The molecular weight excluding hydrogens is 332 g/mol. The van der Waals surface area contributed by atoms with E-state index in [4.69, 9.17) is 10.5 Å². The molecule has 6 heteroatoms. The number of hydrogen-bond donors (Lipinski definition) is 1. The van der Waals surface area contributed by atoms with E-state index < -0.39 is 16.5 Å². The fraction of sp³-hybridized carbons (Fsp3) is 0.600. The summed E-state index contributed by atoms with van der Waals surface area (Å²) >= 11 is 0. The maximum atomic E-state index is 13.1. The summed E-state index contributed by atoms with van der Waals surface area (Å²) < 4.78 is 9.17. The quantitative estimate of drug-likeness (QED) is 0.829. The van der Waals surface area contributed by atoms with Crippen LogP contribution in [0.5, 0.6) is 0 Å². The van der Waals surface area contributed by atoms with Crippen LogP contribution >= 0.6 is 0 Å². The molecule has 1 atom stereocenters. The Balaban J connectivity index is 0.00000105. The molecule has 6 nitrogen and oxygen atoms in total. The van der Waals surface area contributed by atoms with E-state index in [0.29, 0.717) is 13.0 Å². The van der Waals surface area contributed by atoms with E-state index in [-0.39, 0.29) is 11.9 Å². The van der Waals surface area contributed by atoms with Gasteiger partial charge in [-0.2, -0.15) is 0 Å². The minimum Gasteiger partial charge on any atom is -0.469 e. The van der Waals surface area contributed by atoms with Crippen LogP contribution in [0, 0.1) is 5.41 Å². The molecular formula is C20H32N2O4. The molecule has 26 heavy (non-hydrogen) atoms. The summed E-state index contributed by atoms with van der Waals surface area (Å²) in [6.45, 7) is 7.88. The SMILES string of the molecule is COC.COC(=O)C(C)(C)C(C)(C)N1CCC(N)(c2ccccc2)C1=O. The van der Waals surface area contributed by atoms with Crippen molar-refractivity contribution in [2.24, 2.45) is 11.1 Å². The van der Waals surface area contributed by atoms with Gasteiger partial charge in [0.2, 0.25) is 5.91 Å². The first-order valence-corrected chi connectivity index (χ1v) is 8.65. The zero-order valence-corrected chi connectivity index (χ0v) is 17.0. The van der Waals surface area contributed by atoms with Gasteiger partial charge in [0, 0.05) is 20.8 Å². The van der Waals surface area contributed by atoms with Gasteiger partial charge in [-0.25, -0.2) is 0 Å². The first kappa shape index (κ1) is 22.1. The Kier molecular flexibility index (Phi) is 6.96. The molecule has 1 amide bonds. The van der Waals surface area contributed by atoms with Crippen molar-refractivity contribution in [3.05, 3.63) is 35.9 Å². The lowest BCUT2D eigenvalue weighted by Crippen LogP contribution is -2.60. The summed E-state index contributed by atoms with van der Waals surface area (Å²) in [5.74, 6) is -0.491. The molecule has 1 unspecified atom stereocenters. The number of hydrogen-bond acceptors (Lipinski definition) is 5. The van der Waals surface area contributed by atoms with Crippen LogP contribution in [0.3, 0.4) is 0 Å². The summed E-state index contributed by atoms with van der Waals surface area (Å²) in [6, 6.07) is 9.40. The Morgan fingerprint density at radius 3 is 2.08 bits per heavy atom. The normalized spacial score (nSPS) is 20.5. The fourth-order valence-electron chi connectivity index (χ4n) is 3.12. The molecule has 1 aromatic rings. The van der Waals surface area contributed by atoms with Crippen molar-refractivity contribution >= 4 is 11.9 Å². The summed E-state index contributed by atoms with van der Waals surface area (Å²) in [5.41, 5.74) is 4.66. The lowest BCUT2D eigenvalue weighted by molar-refractivity contribution is -0.162. The average Bonchev–Trinajstić information content (AvgIpc) is 2.92. The molecule has 1 heterocycles. The van der Waals surface area contributed by atoms with Crippen LogP contribution in [-0.4, -0.2) is 50.2 Å². The maximum Gasteiger partial charge on any atom is 0.313 e. The van der Waals surface area contributed by atoms with Gasteiger partial charge in [0.15, 0.2) is 0 Å². The van der Waals surface area contributed by atoms with Crippen molar-refractivity contribution in [3.63, 3.8) is 0 Å². The average molecular weight is 364 g/mol. The number of esters is 1. The van der Waals surface area contributed by atoms with Crippen LogP contribution in [0.4, 0.5) is 0 Å². The van der Waals surface area contributed by atoms with Gasteiger partial charge in [0.1, 0.15) is 5.54 Å². The molecule has 146 valence electrons. The molecule has 1 fully saturated rings. The van der Waals surface area contributed by atoms with Gasteiger partial charge in [0.05, 0.1) is 18.1 Å². The number of carbonyl (C=O) groups is 2. The third-order valence-corrected chi connectivity index (χ3v) is 5.55. The van der Waals surface area contributed by atoms with Gasteiger partial charge in [0.25, 0.3) is 0 Å². The molecule has 1 aliphatic heterocycles. The predicted molar refractivity (Wildman–Crippen MR) is 101 cm³/mol. The number of ether oxygens (including phenoxy) is 2. The molecule has 0 radical (unpaired) electrons. The Bertz CT molecular complexity index is 628. The molecule has 0 aromatic heterocycles. The second-order valence-electron chi connectivity index (χ2n) is 7.63. The van der Waals surface area contributed by atoms with Crippen LogP contribution in [0.15, 0.2) is 30.3 Å². The molecule has 2 rings (SSSR count). The van der Waals surface area contributed by atoms with Gasteiger partial charge in [-0.1, -0.05) is 30.3 Å². The summed E-state index contributed by atoms with van der Waals surface area (Å²) in [6.07, 6.45) is 0.524. The fourth-order valence-corrected chi connectivity index (χ4v) is 3.12. The van der Waals surface area contributed by atoms with E-state index >= 15 is 0 Å². The topological polar surface area (TPSA) is 81.9 Å². The summed E-state index contributed by atoms with van der Waals surface area (Å²) in [5, 5.41) is 0. The molecule has 1 aromatic carbocycles. The molecule has 1 saturated heterocycles. The number of amides is 1. The van der Waals surface area contributed by atoms with Gasteiger partial charge in [-0.15, -0.1) is 0 Å². The van der Waals surface area contributed by atoms with E-state index in [1.54, 1.807) is 33.0 Å². The minimum atomic E-state index is -1.04. The van der Waals surface area contributed by atoms with Gasteiger partial charge in [-0.05, 0) is 39.7 Å². The van der Waals surface area contributed by atoms with Crippen LogP contribution in [-0.2, 0) is 24.6 Å². The van der Waals surface area contributed by atoms with Crippen molar-refractivity contribution in [2.45, 2.75) is 45.2 Å². The highest BCUT2D eigenvalue weighted by molar-refractivity contribution is 5.91. The number of carbonyl (C=O) groups excluding carboxylic acids is 2. The van der Waals surface area contributed by atoms with E-state index in [1.807, 2.05) is 44.2 Å². The third kappa shape index (κ3) is 3.76. The number of rotatable bonds is 4. The van der Waals surface area contributed by atoms with Gasteiger partial charge in [-0.3, -0.25) is 9.59 Å². The number of benzene rings is 1. The number of nitrogens with two attached hydrogens (primary N) is 1. The van der Waals surface area contributed by atoms with Crippen molar-refractivity contribution in [2.75, 3.05) is 27.9 Å². The Morgan fingerprint density at radius 1 is 1.12 bits per heavy atom. The van der Waals surface area contributed by atoms with Gasteiger partial charge >= 0.3 is 5.97 Å². The third-order valence-electron chi connectivity index (χ3n) is 5.55. The molecule has 0 bridgehead atoms. The standard InChI is InChI=1S/C18H26N2O3.C2H6O/c1-16(2,15(22)23-5)17(3,4)20-12-11-18(19,14(20)21)13-9-7-6-8-10-13;1-3-2/h6-10H,11-12,19H2,1-5H3;1-2H3. The van der Waals surface area contributed by atoms with Crippen molar-refractivity contribution in [3.8, 4) is 0 Å². The van der Waals surface area contributed by atoms with Gasteiger partial charge < -0.3 is 20.1 Å². The van der Waals surface area contributed by atoms with Crippen molar-refractivity contribution in [1.29, 1.82) is 0 Å². The highest BCUT2D eigenvalue weighted by Crippen LogP contribution is 2.42. The van der Waals surface area contributed by atoms with Crippen LogP contribution in [0.25, 0.3) is 0 Å². The largest absolute Gasteiger partial charge is 0.469 e. The summed E-state index contributed by atoms with van der Waals surface area (Å²) in [4.78, 5) is 27.0. The zero-order chi connectivity index (χ0) is 20.2. The molecule has 1 aliphatic rings. The van der Waals surface area contributed by atoms with Crippen LogP contribution in [0.2, 0.25) is 0 Å². The Hall–Kier alpha value is -1.92. The van der Waals surface area contributed by atoms with E-state index in [9.17, 15) is 9.59 Å². The molecule has 0 saturated carbocycles. The zero-order valence-electron chi connectivity index (χ0n) is 17.0. The highest BCUT2D eigenvalue weighted by atomic mass is 16.5. The van der Waals surface area contributed by atoms with Crippen LogP contribution in [0.1, 0.15) is 39.7 Å². The smallest absolute Gasteiger partial charge is 0.313 e. The maximum absolute atomic E-state index is 13.1. The van der Waals surface area contributed by atoms with E-state index in [2.05, 4.69) is 4.74 Å². The second kappa shape index (κ2) is 8.18.